The maximum absolute atomic E-state index is 12.0. The molecule has 0 aromatic rings. The van der Waals surface area contributed by atoms with Gasteiger partial charge >= 0.3 is 0 Å². The fourth-order valence-electron chi connectivity index (χ4n) is 2.34. The standard InChI is InChI=1S/C13H21N3O2S/c1-8(2)6-9-7-14-13(19-9)15-10-4-5-11(17)16(3)12(10)18/h8-10H,4-7H2,1-3H3,(H,14,15). The smallest absolute Gasteiger partial charge is 0.251 e. The van der Waals surface area contributed by atoms with Crippen LogP contribution in [0, 0.1) is 5.92 Å². The predicted octanol–water partition coefficient (Wildman–Crippen LogP) is 1.24. The lowest BCUT2D eigenvalue weighted by molar-refractivity contribution is -0.147. The van der Waals surface area contributed by atoms with Gasteiger partial charge in [-0.1, -0.05) is 25.6 Å². The summed E-state index contributed by atoms with van der Waals surface area (Å²) in [7, 11) is 1.55. The molecule has 106 valence electrons. The average molecular weight is 283 g/mol. The second kappa shape index (κ2) is 5.94. The van der Waals surface area contributed by atoms with Crippen LogP contribution < -0.4 is 5.32 Å². The Hall–Kier alpha value is -1.04. The van der Waals surface area contributed by atoms with E-state index in [2.05, 4.69) is 24.2 Å². The first-order valence-corrected chi connectivity index (χ1v) is 7.63. The van der Waals surface area contributed by atoms with Gasteiger partial charge in [0.2, 0.25) is 5.91 Å². The number of piperidine rings is 1. The predicted molar refractivity (Wildman–Crippen MR) is 77.1 cm³/mol. The number of imide groups is 1. The molecule has 0 saturated carbocycles. The van der Waals surface area contributed by atoms with Crippen molar-refractivity contribution < 1.29 is 9.59 Å². The summed E-state index contributed by atoms with van der Waals surface area (Å²) in [5.74, 6) is 0.417. The molecule has 2 heterocycles. The molecular weight excluding hydrogens is 262 g/mol. The first kappa shape index (κ1) is 14.4. The van der Waals surface area contributed by atoms with Crippen LogP contribution >= 0.6 is 11.8 Å². The van der Waals surface area contributed by atoms with Gasteiger partial charge < -0.3 is 5.32 Å². The monoisotopic (exact) mass is 283 g/mol. The van der Waals surface area contributed by atoms with Crippen molar-refractivity contribution >= 4 is 28.7 Å². The van der Waals surface area contributed by atoms with Gasteiger partial charge in [-0.2, -0.15) is 0 Å². The van der Waals surface area contributed by atoms with Crippen LogP contribution in [0.4, 0.5) is 0 Å². The zero-order chi connectivity index (χ0) is 14.0. The molecule has 2 amide bonds. The molecule has 0 aliphatic carbocycles. The summed E-state index contributed by atoms with van der Waals surface area (Å²) >= 11 is 1.72. The quantitative estimate of drug-likeness (QED) is 0.792. The third kappa shape index (κ3) is 3.49. The molecule has 2 atom stereocenters. The van der Waals surface area contributed by atoms with Crippen LogP contribution in [0.15, 0.2) is 4.99 Å². The van der Waals surface area contributed by atoms with Gasteiger partial charge in [-0.3, -0.25) is 19.5 Å². The summed E-state index contributed by atoms with van der Waals surface area (Å²) < 4.78 is 0. The third-order valence-electron chi connectivity index (χ3n) is 3.40. The van der Waals surface area contributed by atoms with E-state index >= 15 is 0 Å². The summed E-state index contributed by atoms with van der Waals surface area (Å²) in [4.78, 5) is 29.0. The Labute approximate surface area is 118 Å². The lowest BCUT2D eigenvalue weighted by Crippen LogP contribution is -2.52. The molecule has 2 unspecified atom stereocenters. The number of amides is 2. The first-order chi connectivity index (χ1) is 8.97. The highest BCUT2D eigenvalue weighted by Crippen LogP contribution is 2.26. The van der Waals surface area contributed by atoms with E-state index < -0.39 is 0 Å². The second-order valence-electron chi connectivity index (χ2n) is 5.54. The number of nitrogens with zero attached hydrogens (tertiary/aromatic N) is 2. The van der Waals surface area contributed by atoms with E-state index in [1.165, 1.54) is 4.90 Å². The first-order valence-electron chi connectivity index (χ1n) is 6.75. The van der Waals surface area contributed by atoms with E-state index in [0.29, 0.717) is 24.0 Å². The van der Waals surface area contributed by atoms with Gasteiger partial charge in [0.05, 0.1) is 6.54 Å². The molecule has 1 N–H and O–H groups in total. The van der Waals surface area contributed by atoms with Crippen molar-refractivity contribution in [2.24, 2.45) is 10.9 Å². The van der Waals surface area contributed by atoms with Gasteiger partial charge in [0.25, 0.3) is 5.91 Å². The minimum Gasteiger partial charge on any atom is -0.353 e. The highest BCUT2D eigenvalue weighted by atomic mass is 32.2. The SMILES string of the molecule is CC(C)CC1CN=C(NC2CCC(=O)N(C)C2=O)S1. The molecule has 1 fully saturated rings. The summed E-state index contributed by atoms with van der Waals surface area (Å²) in [5.41, 5.74) is 0. The Morgan fingerprint density at radius 1 is 1.47 bits per heavy atom. The third-order valence-corrected chi connectivity index (χ3v) is 4.54. The highest BCUT2D eigenvalue weighted by molar-refractivity contribution is 8.14. The van der Waals surface area contributed by atoms with Crippen LogP contribution in [0.5, 0.6) is 0 Å². The van der Waals surface area contributed by atoms with Gasteiger partial charge in [-0.05, 0) is 18.8 Å². The number of amidine groups is 1. The van der Waals surface area contributed by atoms with Crippen LogP contribution in [0.2, 0.25) is 0 Å². The number of likely N-dealkylation sites (tertiary alicyclic amines) is 1. The Kier molecular flexibility index (Phi) is 4.50. The number of hydrogen-bond donors (Lipinski definition) is 1. The number of carbonyl (C=O) groups excluding carboxylic acids is 2. The molecule has 6 heteroatoms. The molecular formula is C13H21N3O2S. The van der Waals surface area contributed by atoms with Crippen LogP contribution in [0.25, 0.3) is 0 Å². The minimum atomic E-state index is -0.299. The number of aliphatic imine (C=N–C) groups is 1. The molecule has 0 radical (unpaired) electrons. The maximum Gasteiger partial charge on any atom is 0.251 e. The largest absolute Gasteiger partial charge is 0.353 e. The van der Waals surface area contributed by atoms with E-state index in [9.17, 15) is 9.59 Å². The van der Waals surface area contributed by atoms with Crippen LogP contribution in [-0.4, -0.2) is 46.8 Å². The Morgan fingerprint density at radius 3 is 2.89 bits per heavy atom. The van der Waals surface area contributed by atoms with E-state index in [1.807, 2.05) is 0 Å². The molecule has 19 heavy (non-hydrogen) atoms. The Morgan fingerprint density at radius 2 is 2.21 bits per heavy atom. The van der Waals surface area contributed by atoms with Gasteiger partial charge in [-0.25, -0.2) is 0 Å². The number of carbonyl (C=O) groups is 2. The number of nitrogens with one attached hydrogen (secondary N) is 1. The molecule has 2 rings (SSSR count). The number of hydrogen-bond acceptors (Lipinski definition) is 5. The Bertz CT molecular complexity index is 409. The molecule has 0 aromatic carbocycles. The average Bonchev–Trinajstić information content (AvgIpc) is 2.76. The van der Waals surface area contributed by atoms with Crippen LogP contribution in [0.1, 0.15) is 33.1 Å². The summed E-state index contributed by atoms with van der Waals surface area (Å²) in [6.07, 6.45) is 2.13. The van der Waals surface area contributed by atoms with E-state index in [0.717, 1.165) is 18.1 Å². The van der Waals surface area contributed by atoms with Crippen molar-refractivity contribution in [2.45, 2.75) is 44.4 Å². The zero-order valence-electron chi connectivity index (χ0n) is 11.7. The van der Waals surface area contributed by atoms with Crippen LogP contribution in [0.3, 0.4) is 0 Å². The molecule has 1 saturated heterocycles. The summed E-state index contributed by atoms with van der Waals surface area (Å²) in [6.45, 7) is 5.23. The molecule has 0 aromatic heterocycles. The maximum atomic E-state index is 12.0. The summed E-state index contributed by atoms with van der Waals surface area (Å²) in [5, 5.41) is 4.56. The van der Waals surface area contributed by atoms with E-state index in [4.69, 9.17) is 0 Å². The van der Waals surface area contributed by atoms with Crippen LogP contribution in [-0.2, 0) is 9.59 Å². The lowest BCUT2D eigenvalue weighted by Gasteiger charge is -2.28. The number of likely N-dealkylation sites (N-methyl/N-ethyl adjacent to an activating group) is 1. The highest BCUT2D eigenvalue weighted by Gasteiger charge is 2.33. The lowest BCUT2D eigenvalue weighted by atomic mass is 10.1. The van der Waals surface area contributed by atoms with Gasteiger partial charge in [0.15, 0.2) is 5.17 Å². The van der Waals surface area contributed by atoms with Crippen molar-refractivity contribution in [3.63, 3.8) is 0 Å². The summed E-state index contributed by atoms with van der Waals surface area (Å²) in [6, 6.07) is -0.299. The minimum absolute atomic E-state index is 0.0956. The van der Waals surface area contributed by atoms with Gasteiger partial charge in [-0.15, -0.1) is 0 Å². The molecule has 5 nitrogen and oxygen atoms in total. The van der Waals surface area contributed by atoms with Gasteiger partial charge in [0.1, 0.15) is 6.04 Å². The van der Waals surface area contributed by atoms with E-state index in [-0.39, 0.29) is 17.9 Å². The van der Waals surface area contributed by atoms with Crippen molar-refractivity contribution in [3.05, 3.63) is 0 Å². The van der Waals surface area contributed by atoms with Crippen molar-refractivity contribution in [2.75, 3.05) is 13.6 Å². The second-order valence-corrected chi connectivity index (χ2v) is 6.83. The Balaban J connectivity index is 1.86. The van der Waals surface area contributed by atoms with Gasteiger partial charge in [0, 0.05) is 18.7 Å². The molecule has 0 spiro atoms. The molecule has 0 bridgehead atoms. The zero-order valence-corrected chi connectivity index (χ0v) is 12.5. The molecule has 2 aliphatic heterocycles. The van der Waals surface area contributed by atoms with Crippen molar-refractivity contribution in [3.8, 4) is 0 Å². The fourth-order valence-corrected chi connectivity index (χ4v) is 3.65. The number of rotatable bonds is 3. The normalized spacial score (nSPS) is 28.0. The van der Waals surface area contributed by atoms with E-state index in [1.54, 1.807) is 18.8 Å². The topological polar surface area (TPSA) is 61.8 Å². The van der Waals surface area contributed by atoms with Crippen molar-refractivity contribution in [1.29, 1.82) is 0 Å². The fraction of sp³-hybridized carbons (Fsp3) is 0.769. The molecule has 2 aliphatic rings. The number of thioether (sulfide) groups is 1. The van der Waals surface area contributed by atoms with Crippen molar-refractivity contribution in [1.82, 2.24) is 10.2 Å².